The molecule has 0 aliphatic rings. The Hall–Kier alpha value is -3.87. The zero-order valence-corrected chi connectivity index (χ0v) is 17.3. The van der Waals surface area contributed by atoms with Crippen molar-refractivity contribution >= 4 is 22.8 Å². The van der Waals surface area contributed by atoms with Gasteiger partial charge in [-0.3, -0.25) is 4.79 Å². The van der Waals surface area contributed by atoms with Gasteiger partial charge in [-0.1, -0.05) is 30.3 Å². The fourth-order valence-corrected chi connectivity index (χ4v) is 3.49. The number of rotatable bonds is 8. The van der Waals surface area contributed by atoms with Gasteiger partial charge >= 0.3 is 5.97 Å². The Labute approximate surface area is 180 Å². The third kappa shape index (κ3) is 4.66. The van der Waals surface area contributed by atoms with Gasteiger partial charge < -0.3 is 19.8 Å². The Bertz CT molecular complexity index is 1170. The number of fused-ring (bicyclic) bond motifs is 1. The lowest BCUT2D eigenvalue weighted by Gasteiger charge is -2.06. The van der Waals surface area contributed by atoms with Crippen molar-refractivity contribution in [1.82, 2.24) is 14.5 Å². The summed E-state index contributed by atoms with van der Waals surface area (Å²) in [6.45, 7) is 2.82. The van der Waals surface area contributed by atoms with E-state index >= 15 is 0 Å². The van der Waals surface area contributed by atoms with Crippen LogP contribution >= 0.6 is 0 Å². The van der Waals surface area contributed by atoms with E-state index in [9.17, 15) is 4.79 Å². The highest BCUT2D eigenvalue weighted by Gasteiger charge is 2.15. The van der Waals surface area contributed by atoms with E-state index in [1.807, 2.05) is 65.4 Å². The third-order valence-corrected chi connectivity index (χ3v) is 4.91. The largest absolute Gasteiger partial charge is 0.466 e. The summed E-state index contributed by atoms with van der Waals surface area (Å²) in [5.41, 5.74) is 8.86. The van der Waals surface area contributed by atoms with Gasteiger partial charge in [0.15, 0.2) is 0 Å². The highest BCUT2D eigenvalue weighted by atomic mass is 16.5. The number of carbonyl (C=O) groups excluding carboxylic acids is 1. The number of anilines is 1. The minimum Gasteiger partial charge on any atom is -0.466 e. The normalized spacial score (nSPS) is 10.9. The summed E-state index contributed by atoms with van der Waals surface area (Å²) < 4.78 is 12.9. The van der Waals surface area contributed by atoms with Crippen molar-refractivity contribution in [2.75, 3.05) is 12.3 Å². The fraction of sp³-hybridized carbons (Fsp3) is 0.208. The SMILES string of the molecule is CCOC(=O)CCCn1cc(-c2ccc(Oc3ccccc3)cc2)c2c(N)ncnc21. The first-order valence-electron chi connectivity index (χ1n) is 10.2. The molecule has 0 unspecified atom stereocenters. The maximum Gasteiger partial charge on any atom is 0.305 e. The topological polar surface area (TPSA) is 92.3 Å². The van der Waals surface area contributed by atoms with E-state index < -0.39 is 0 Å². The van der Waals surface area contributed by atoms with E-state index in [4.69, 9.17) is 15.2 Å². The van der Waals surface area contributed by atoms with Crippen LogP contribution in [0.15, 0.2) is 67.1 Å². The first-order chi connectivity index (χ1) is 15.2. The molecule has 7 heteroatoms. The molecule has 4 aromatic rings. The molecule has 0 atom stereocenters. The molecule has 0 radical (unpaired) electrons. The van der Waals surface area contributed by atoms with Gasteiger partial charge in [-0.25, -0.2) is 9.97 Å². The molecule has 0 aliphatic heterocycles. The van der Waals surface area contributed by atoms with E-state index in [0.29, 0.717) is 31.8 Å². The predicted molar refractivity (Wildman–Crippen MR) is 120 cm³/mol. The van der Waals surface area contributed by atoms with E-state index in [2.05, 4.69) is 9.97 Å². The van der Waals surface area contributed by atoms with E-state index in [1.165, 1.54) is 6.33 Å². The number of benzene rings is 2. The Kier molecular flexibility index (Phi) is 6.12. The molecule has 0 saturated carbocycles. The van der Waals surface area contributed by atoms with E-state index in [1.54, 1.807) is 6.92 Å². The first kappa shape index (κ1) is 20.4. The van der Waals surface area contributed by atoms with Crippen molar-refractivity contribution in [3.05, 3.63) is 67.1 Å². The molecule has 0 amide bonds. The number of hydrogen-bond donors (Lipinski definition) is 1. The average Bonchev–Trinajstić information content (AvgIpc) is 3.15. The monoisotopic (exact) mass is 416 g/mol. The van der Waals surface area contributed by atoms with Crippen molar-refractivity contribution in [1.29, 1.82) is 0 Å². The molecule has 4 rings (SSSR count). The van der Waals surface area contributed by atoms with Crippen molar-refractivity contribution in [2.45, 2.75) is 26.3 Å². The van der Waals surface area contributed by atoms with Gasteiger partial charge in [0.25, 0.3) is 0 Å². The maximum atomic E-state index is 11.7. The van der Waals surface area contributed by atoms with Gasteiger partial charge in [0.2, 0.25) is 0 Å². The molecule has 158 valence electrons. The highest BCUT2D eigenvalue weighted by Crippen LogP contribution is 2.34. The second-order valence-corrected chi connectivity index (χ2v) is 7.04. The fourth-order valence-electron chi connectivity index (χ4n) is 3.49. The van der Waals surface area contributed by atoms with Crippen LogP contribution in [-0.4, -0.2) is 27.1 Å². The van der Waals surface area contributed by atoms with E-state index in [0.717, 1.165) is 33.7 Å². The lowest BCUT2D eigenvalue weighted by Crippen LogP contribution is -2.06. The second-order valence-electron chi connectivity index (χ2n) is 7.04. The third-order valence-electron chi connectivity index (χ3n) is 4.91. The number of esters is 1. The molecular formula is C24H24N4O3. The highest BCUT2D eigenvalue weighted by molar-refractivity contribution is 6.00. The molecule has 7 nitrogen and oxygen atoms in total. The summed E-state index contributed by atoms with van der Waals surface area (Å²) in [6, 6.07) is 17.5. The predicted octanol–water partition coefficient (Wildman–Crippen LogP) is 4.82. The summed E-state index contributed by atoms with van der Waals surface area (Å²) in [4.78, 5) is 20.2. The maximum absolute atomic E-state index is 11.7. The van der Waals surface area contributed by atoms with Crippen molar-refractivity contribution < 1.29 is 14.3 Å². The number of para-hydroxylation sites is 1. The van der Waals surface area contributed by atoms with Crippen molar-refractivity contribution in [2.24, 2.45) is 0 Å². The zero-order chi connectivity index (χ0) is 21.6. The number of nitrogens with zero attached hydrogens (tertiary/aromatic N) is 3. The first-order valence-corrected chi connectivity index (χ1v) is 10.2. The molecule has 0 spiro atoms. The molecule has 31 heavy (non-hydrogen) atoms. The number of aromatic nitrogens is 3. The molecule has 2 aromatic carbocycles. The minimum atomic E-state index is -0.192. The summed E-state index contributed by atoms with van der Waals surface area (Å²) in [5.74, 6) is 1.76. The number of hydrogen-bond acceptors (Lipinski definition) is 6. The van der Waals surface area contributed by atoms with Gasteiger partial charge in [0.1, 0.15) is 29.3 Å². The molecule has 0 aliphatic carbocycles. The Morgan fingerprint density at radius 3 is 2.52 bits per heavy atom. The quantitative estimate of drug-likeness (QED) is 0.414. The smallest absolute Gasteiger partial charge is 0.305 e. The number of nitrogen functional groups attached to an aromatic ring is 1. The number of ether oxygens (including phenoxy) is 2. The summed E-state index contributed by atoms with van der Waals surface area (Å²) in [7, 11) is 0. The molecule has 2 aromatic heterocycles. The number of aryl methyl sites for hydroxylation is 1. The Morgan fingerprint density at radius 1 is 1.03 bits per heavy atom. The minimum absolute atomic E-state index is 0.192. The lowest BCUT2D eigenvalue weighted by molar-refractivity contribution is -0.143. The van der Waals surface area contributed by atoms with Gasteiger partial charge in [0, 0.05) is 24.7 Å². The van der Waals surface area contributed by atoms with Gasteiger partial charge in [-0.05, 0) is 43.2 Å². The van der Waals surface area contributed by atoms with Crippen LogP contribution < -0.4 is 10.5 Å². The number of carbonyl (C=O) groups is 1. The summed E-state index contributed by atoms with van der Waals surface area (Å²) in [6.07, 6.45) is 4.47. The molecule has 2 heterocycles. The summed E-state index contributed by atoms with van der Waals surface area (Å²) in [5, 5.41) is 0.801. The van der Waals surface area contributed by atoms with Crippen molar-refractivity contribution in [3.63, 3.8) is 0 Å². The van der Waals surface area contributed by atoms with Crippen LogP contribution in [0.4, 0.5) is 5.82 Å². The Morgan fingerprint density at radius 2 is 1.77 bits per heavy atom. The lowest BCUT2D eigenvalue weighted by atomic mass is 10.1. The van der Waals surface area contributed by atoms with Crippen LogP contribution in [-0.2, 0) is 16.1 Å². The molecule has 0 fully saturated rings. The van der Waals surface area contributed by atoms with Gasteiger partial charge in [0.05, 0.1) is 12.0 Å². The number of nitrogens with two attached hydrogens (primary N) is 1. The molecule has 2 N–H and O–H groups in total. The van der Waals surface area contributed by atoms with Crippen LogP contribution in [0, 0.1) is 0 Å². The zero-order valence-electron chi connectivity index (χ0n) is 17.3. The molecular weight excluding hydrogens is 392 g/mol. The molecule has 0 bridgehead atoms. The van der Waals surface area contributed by atoms with Crippen LogP contribution in [0.1, 0.15) is 19.8 Å². The molecule has 0 saturated heterocycles. The van der Waals surface area contributed by atoms with Crippen LogP contribution in [0.2, 0.25) is 0 Å². The van der Waals surface area contributed by atoms with Crippen LogP contribution in [0.3, 0.4) is 0 Å². The average molecular weight is 416 g/mol. The summed E-state index contributed by atoms with van der Waals surface area (Å²) >= 11 is 0. The Balaban J connectivity index is 1.59. The van der Waals surface area contributed by atoms with Crippen molar-refractivity contribution in [3.8, 4) is 22.6 Å². The second kappa shape index (κ2) is 9.30. The van der Waals surface area contributed by atoms with Gasteiger partial charge in [-0.15, -0.1) is 0 Å². The van der Waals surface area contributed by atoms with Crippen LogP contribution in [0.25, 0.3) is 22.2 Å². The van der Waals surface area contributed by atoms with Crippen LogP contribution in [0.5, 0.6) is 11.5 Å². The van der Waals surface area contributed by atoms with E-state index in [-0.39, 0.29) is 5.97 Å². The van der Waals surface area contributed by atoms with Gasteiger partial charge in [-0.2, -0.15) is 0 Å². The standard InChI is InChI=1S/C24H24N4O3/c1-2-30-21(29)9-6-14-28-15-20(22-23(25)26-16-27-24(22)28)17-10-12-19(13-11-17)31-18-7-4-3-5-8-18/h3-5,7-8,10-13,15-16H,2,6,9,14H2,1H3,(H2,25,26,27).